The summed E-state index contributed by atoms with van der Waals surface area (Å²) in [6.45, 7) is 0. The molecule has 2 aromatic rings. The summed E-state index contributed by atoms with van der Waals surface area (Å²) in [6.07, 6.45) is 0. The Hall–Kier alpha value is -2.93. The Morgan fingerprint density at radius 1 is 1.24 bits per heavy atom. The van der Waals surface area contributed by atoms with Crippen LogP contribution in [0.2, 0.25) is 0 Å². The van der Waals surface area contributed by atoms with Crippen LogP contribution in [0.5, 0.6) is 0 Å². The fourth-order valence-electron chi connectivity index (χ4n) is 1.85. The van der Waals surface area contributed by atoms with Gasteiger partial charge < -0.3 is 4.74 Å². The minimum absolute atomic E-state index is 0.0260. The topological polar surface area (TPSA) is 98.7 Å². The number of anilines is 2. The lowest BCUT2D eigenvalue weighted by Gasteiger charge is -2.20. The van der Waals surface area contributed by atoms with Crippen LogP contribution in [-0.4, -0.2) is 18.0 Å². The van der Waals surface area contributed by atoms with Crippen LogP contribution < -0.4 is 10.9 Å². The summed E-state index contributed by atoms with van der Waals surface area (Å²) in [5.74, 6) is 5.30. The maximum absolute atomic E-state index is 11.8. The van der Waals surface area contributed by atoms with E-state index < -0.39 is 10.9 Å². The minimum atomic E-state index is -0.694. The van der Waals surface area contributed by atoms with Gasteiger partial charge >= 0.3 is 5.97 Å². The third-order valence-electron chi connectivity index (χ3n) is 2.89. The van der Waals surface area contributed by atoms with E-state index in [0.717, 1.165) is 6.07 Å². The largest absolute Gasteiger partial charge is 0.465 e. The molecule has 0 aromatic heterocycles. The van der Waals surface area contributed by atoms with E-state index in [1.807, 2.05) is 6.07 Å². The van der Waals surface area contributed by atoms with Crippen molar-refractivity contribution in [3.05, 3.63) is 64.2 Å². The summed E-state index contributed by atoms with van der Waals surface area (Å²) in [7, 11) is 1.20. The maximum atomic E-state index is 11.8. The lowest BCUT2D eigenvalue weighted by atomic mass is 10.1. The number of esters is 1. The first-order valence-corrected chi connectivity index (χ1v) is 6.01. The first-order valence-electron chi connectivity index (χ1n) is 6.01. The number of carbonyl (C=O) groups excluding carboxylic acids is 1. The van der Waals surface area contributed by atoms with Crippen molar-refractivity contribution < 1.29 is 14.5 Å². The fourth-order valence-corrected chi connectivity index (χ4v) is 1.85. The second-order valence-corrected chi connectivity index (χ2v) is 4.16. The Balaban J connectivity index is 2.52. The lowest BCUT2D eigenvalue weighted by molar-refractivity contribution is -0.384. The first kappa shape index (κ1) is 14.5. The molecule has 7 nitrogen and oxygen atoms in total. The van der Waals surface area contributed by atoms with E-state index in [4.69, 9.17) is 5.84 Å². The molecule has 0 radical (unpaired) electrons. The Labute approximate surface area is 120 Å². The monoisotopic (exact) mass is 287 g/mol. The molecule has 7 heteroatoms. The molecule has 0 atom stereocenters. The van der Waals surface area contributed by atoms with E-state index in [0.29, 0.717) is 11.4 Å². The molecule has 0 amide bonds. The second kappa shape index (κ2) is 6.02. The fraction of sp³-hybridized carbons (Fsp3) is 0.0714. The number of nitro groups is 1. The number of para-hydroxylation sites is 1. The Kier molecular flexibility index (Phi) is 4.15. The van der Waals surface area contributed by atoms with Crippen molar-refractivity contribution in [1.82, 2.24) is 0 Å². The molecule has 2 rings (SSSR count). The van der Waals surface area contributed by atoms with Crippen LogP contribution in [0.1, 0.15) is 10.4 Å². The molecule has 2 aromatic carbocycles. The zero-order valence-electron chi connectivity index (χ0n) is 11.2. The Bertz CT molecular complexity index is 673. The number of nitrogens with two attached hydrogens (primary N) is 1. The van der Waals surface area contributed by atoms with Crippen molar-refractivity contribution >= 4 is 23.0 Å². The van der Waals surface area contributed by atoms with Gasteiger partial charge in [-0.15, -0.1) is 0 Å². The number of nitrogens with zero attached hydrogens (tertiary/aromatic N) is 2. The van der Waals surface area contributed by atoms with Crippen molar-refractivity contribution in [1.29, 1.82) is 0 Å². The number of nitro benzene ring substituents is 1. The Morgan fingerprint density at radius 2 is 1.90 bits per heavy atom. The summed E-state index contributed by atoms with van der Waals surface area (Å²) in [4.78, 5) is 22.1. The van der Waals surface area contributed by atoms with E-state index in [2.05, 4.69) is 4.74 Å². The van der Waals surface area contributed by atoms with Crippen LogP contribution in [0.4, 0.5) is 17.1 Å². The molecule has 0 spiro atoms. The molecular formula is C14H13N3O4. The molecule has 108 valence electrons. The van der Waals surface area contributed by atoms with Gasteiger partial charge in [-0.2, -0.15) is 0 Å². The molecule has 0 aliphatic carbocycles. The van der Waals surface area contributed by atoms with Crippen LogP contribution >= 0.6 is 0 Å². The van der Waals surface area contributed by atoms with E-state index in [9.17, 15) is 14.9 Å². The third kappa shape index (κ3) is 2.98. The second-order valence-electron chi connectivity index (χ2n) is 4.16. The molecule has 21 heavy (non-hydrogen) atoms. The highest BCUT2D eigenvalue weighted by molar-refractivity contribution is 5.97. The van der Waals surface area contributed by atoms with Crippen molar-refractivity contribution in [3.63, 3.8) is 0 Å². The number of carbonyl (C=O) groups is 1. The summed E-state index contributed by atoms with van der Waals surface area (Å²) in [5, 5.41) is 12.1. The summed E-state index contributed by atoms with van der Waals surface area (Å²) in [6, 6.07) is 12.8. The third-order valence-corrected chi connectivity index (χ3v) is 2.89. The first-order chi connectivity index (χ1) is 10.0. The van der Waals surface area contributed by atoms with Gasteiger partial charge in [-0.05, 0) is 18.2 Å². The molecule has 0 heterocycles. The van der Waals surface area contributed by atoms with Crippen molar-refractivity contribution in [2.24, 2.45) is 5.84 Å². The molecule has 0 aliphatic rings. The van der Waals surface area contributed by atoms with Gasteiger partial charge in [0.15, 0.2) is 0 Å². The number of rotatable bonds is 4. The van der Waals surface area contributed by atoms with Crippen LogP contribution in [0.3, 0.4) is 0 Å². The number of ether oxygens (including phenoxy) is 1. The van der Waals surface area contributed by atoms with Crippen molar-refractivity contribution in [3.8, 4) is 0 Å². The summed E-state index contributed by atoms with van der Waals surface area (Å²) in [5.41, 5.74) is 0.772. The average Bonchev–Trinajstić information content (AvgIpc) is 2.53. The molecule has 0 saturated heterocycles. The van der Waals surface area contributed by atoms with Gasteiger partial charge in [0.1, 0.15) is 0 Å². The van der Waals surface area contributed by atoms with Gasteiger partial charge in [0, 0.05) is 12.1 Å². The van der Waals surface area contributed by atoms with Crippen molar-refractivity contribution in [2.75, 3.05) is 12.1 Å². The lowest BCUT2D eigenvalue weighted by Crippen LogP contribution is -2.27. The molecule has 0 saturated carbocycles. The van der Waals surface area contributed by atoms with E-state index in [1.165, 1.54) is 24.3 Å². The zero-order chi connectivity index (χ0) is 15.4. The minimum Gasteiger partial charge on any atom is -0.465 e. The molecular weight excluding hydrogens is 274 g/mol. The quantitative estimate of drug-likeness (QED) is 0.401. The maximum Gasteiger partial charge on any atom is 0.340 e. The summed E-state index contributed by atoms with van der Waals surface area (Å²) >= 11 is 0. The molecule has 0 aliphatic heterocycles. The number of benzene rings is 2. The van der Waals surface area contributed by atoms with Gasteiger partial charge in [-0.3, -0.25) is 15.1 Å². The van der Waals surface area contributed by atoms with E-state index >= 15 is 0 Å². The standard InChI is InChI=1S/C14H13N3O4/c1-21-14(18)12-9-11(17(19)20)7-8-13(12)16(15)10-5-3-2-4-6-10/h2-9H,15H2,1H3. The SMILES string of the molecule is COC(=O)c1cc([N+](=O)[O-])ccc1N(N)c1ccccc1. The number of hydrogen-bond acceptors (Lipinski definition) is 6. The number of hydrazine groups is 1. The average molecular weight is 287 g/mol. The van der Waals surface area contributed by atoms with Crippen LogP contribution in [0, 0.1) is 10.1 Å². The van der Waals surface area contributed by atoms with Gasteiger partial charge in [0.2, 0.25) is 0 Å². The van der Waals surface area contributed by atoms with Gasteiger partial charge in [-0.1, -0.05) is 18.2 Å². The highest BCUT2D eigenvalue weighted by Crippen LogP contribution is 2.29. The number of non-ortho nitro benzene ring substituents is 1. The highest BCUT2D eigenvalue weighted by atomic mass is 16.6. The zero-order valence-corrected chi connectivity index (χ0v) is 11.2. The normalized spacial score (nSPS) is 10.0. The van der Waals surface area contributed by atoms with Gasteiger partial charge in [-0.25, -0.2) is 10.6 Å². The Morgan fingerprint density at radius 3 is 2.48 bits per heavy atom. The highest BCUT2D eigenvalue weighted by Gasteiger charge is 2.20. The smallest absolute Gasteiger partial charge is 0.340 e. The van der Waals surface area contributed by atoms with Gasteiger partial charge in [0.05, 0.1) is 29.0 Å². The van der Waals surface area contributed by atoms with Crippen LogP contribution in [0.25, 0.3) is 0 Å². The summed E-state index contributed by atoms with van der Waals surface area (Å²) < 4.78 is 4.65. The van der Waals surface area contributed by atoms with Crippen LogP contribution in [0.15, 0.2) is 48.5 Å². The van der Waals surface area contributed by atoms with E-state index in [1.54, 1.807) is 24.3 Å². The molecule has 0 fully saturated rings. The predicted octanol–water partition coefficient (Wildman–Crippen LogP) is 2.39. The van der Waals surface area contributed by atoms with Gasteiger partial charge in [0.25, 0.3) is 5.69 Å². The predicted molar refractivity (Wildman–Crippen MR) is 77.2 cm³/mol. The molecule has 0 unspecified atom stereocenters. The van der Waals surface area contributed by atoms with Crippen molar-refractivity contribution in [2.45, 2.75) is 0 Å². The molecule has 2 N–H and O–H groups in total. The van der Waals surface area contributed by atoms with Crippen LogP contribution in [-0.2, 0) is 4.74 Å². The molecule has 0 bridgehead atoms. The number of methoxy groups -OCH3 is 1. The number of hydrogen-bond donors (Lipinski definition) is 1. The van der Waals surface area contributed by atoms with E-state index in [-0.39, 0.29) is 11.3 Å².